The van der Waals surface area contributed by atoms with E-state index in [2.05, 4.69) is 25.5 Å². The first-order valence-electron chi connectivity index (χ1n) is 12.3. The largest absolute Gasteiger partial charge is 0.420 e. The van der Waals surface area contributed by atoms with E-state index >= 15 is 0 Å². The zero-order chi connectivity index (χ0) is 24.2. The maximum absolute atomic E-state index is 14.0. The van der Waals surface area contributed by atoms with Crippen molar-refractivity contribution in [2.75, 3.05) is 38.2 Å². The molecular formula is C25H29F3N6O. The molecule has 3 aliphatic rings. The highest BCUT2D eigenvalue weighted by Gasteiger charge is 2.43. The molecule has 3 aromatic rings. The molecule has 186 valence electrons. The number of aromatic nitrogens is 4. The normalized spacial score (nSPS) is 27.1. The average Bonchev–Trinajstić information content (AvgIpc) is 3.57. The molecule has 2 aliphatic heterocycles. The number of hydrogen-bond acceptors (Lipinski definition) is 6. The zero-order valence-corrected chi connectivity index (χ0v) is 19.6. The predicted octanol–water partition coefficient (Wildman–Crippen LogP) is 4.21. The van der Waals surface area contributed by atoms with Crippen LogP contribution in [-0.4, -0.2) is 63.8 Å². The van der Waals surface area contributed by atoms with Crippen molar-refractivity contribution >= 4 is 16.7 Å². The van der Waals surface area contributed by atoms with Gasteiger partial charge in [-0.05, 0) is 55.2 Å². The molecule has 1 saturated carbocycles. The van der Waals surface area contributed by atoms with Gasteiger partial charge in [0, 0.05) is 56.5 Å². The first kappa shape index (κ1) is 22.7. The van der Waals surface area contributed by atoms with Crippen LogP contribution in [0.3, 0.4) is 0 Å². The second kappa shape index (κ2) is 8.74. The minimum Gasteiger partial charge on any atom is -0.381 e. The molecule has 1 aromatic carbocycles. The van der Waals surface area contributed by atoms with Crippen LogP contribution < -0.4 is 5.32 Å². The fourth-order valence-electron chi connectivity index (χ4n) is 6.11. The van der Waals surface area contributed by atoms with E-state index in [9.17, 15) is 13.2 Å². The number of aryl methyl sites for hydroxylation is 1. The van der Waals surface area contributed by atoms with Crippen LogP contribution in [0.5, 0.6) is 0 Å². The van der Waals surface area contributed by atoms with E-state index in [4.69, 9.17) is 4.74 Å². The summed E-state index contributed by atoms with van der Waals surface area (Å²) in [5.41, 5.74) is 0.788. The zero-order valence-electron chi connectivity index (χ0n) is 19.6. The molecular weight excluding hydrogens is 457 g/mol. The summed E-state index contributed by atoms with van der Waals surface area (Å²) in [5.74, 6) is 1.48. The highest BCUT2D eigenvalue weighted by Crippen LogP contribution is 2.42. The maximum atomic E-state index is 14.0. The van der Waals surface area contributed by atoms with Crippen LogP contribution in [0.4, 0.5) is 19.0 Å². The van der Waals surface area contributed by atoms with Gasteiger partial charge in [-0.3, -0.25) is 4.68 Å². The summed E-state index contributed by atoms with van der Waals surface area (Å²) < 4.78 is 49.2. The van der Waals surface area contributed by atoms with E-state index in [-0.39, 0.29) is 17.6 Å². The molecule has 2 aromatic heterocycles. The smallest absolute Gasteiger partial charge is 0.381 e. The van der Waals surface area contributed by atoms with Gasteiger partial charge in [-0.15, -0.1) is 10.2 Å². The fourth-order valence-corrected chi connectivity index (χ4v) is 6.11. The molecule has 1 aliphatic carbocycles. The Balaban J connectivity index is 1.17. The Labute approximate surface area is 201 Å². The highest BCUT2D eigenvalue weighted by molar-refractivity contribution is 5.83. The number of nitrogens with one attached hydrogen (secondary N) is 1. The summed E-state index contributed by atoms with van der Waals surface area (Å²) in [6.07, 6.45) is 0.148. The third-order valence-electron chi connectivity index (χ3n) is 7.72. The molecule has 3 fully saturated rings. The van der Waals surface area contributed by atoms with Crippen molar-refractivity contribution in [3.63, 3.8) is 0 Å². The van der Waals surface area contributed by atoms with Gasteiger partial charge in [-0.2, -0.15) is 18.3 Å². The third-order valence-corrected chi connectivity index (χ3v) is 7.72. The number of hydrogen-bond donors (Lipinski definition) is 1. The predicted molar refractivity (Wildman–Crippen MR) is 126 cm³/mol. The number of ether oxygens (including phenoxy) is 1. The molecule has 4 heterocycles. The molecule has 0 bridgehead atoms. The molecule has 2 saturated heterocycles. The standard InChI is InChI=1S/C25H29F3N6O/c1-33-11-19-6-16(2-3-22(19)32-33)23-9-21(25(26,27)28)24(31-30-23)29-20-7-17-12-34(13-18(17)8-20)10-15-4-5-35-14-15/h2-3,6,9,11,15,17-18,20H,4-5,7-8,10,12-14H2,1H3,(H,29,31)/t15-,17-,18+,20?/m0/s1. The van der Waals surface area contributed by atoms with Crippen LogP contribution in [0, 0.1) is 17.8 Å². The highest BCUT2D eigenvalue weighted by atomic mass is 19.4. The molecule has 7 nitrogen and oxygen atoms in total. The fraction of sp³-hybridized carbons (Fsp3) is 0.560. The summed E-state index contributed by atoms with van der Waals surface area (Å²) in [6.45, 7) is 4.82. The van der Waals surface area contributed by atoms with E-state index in [0.717, 1.165) is 69.1 Å². The van der Waals surface area contributed by atoms with Crippen LogP contribution >= 0.6 is 0 Å². The van der Waals surface area contributed by atoms with Crippen molar-refractivity contribution in [3.8, 4) is 11.3 Å². The monoisotopic (exact) mass is 486 g/mol. The lowest BCUT2D eigenvalue weighted by molar-refractivity contribution is -0.137. The number of fused-ring (bicyclic) bond motifs is 2. The van der Waals surface area contributed by atoms with Crippen molar-refractivity contribution in [2.45, 2.75) is 31.5 Å². The minimum absolute atomic E-state index is 0.0186. The van der Waals surface area contributed by atoms with Crippen molar-refractivity contribution in [1.29, 1.82) is 0 Å². The molecule has 0 amide bonds. The molecule has 10 heteroatoms. The number of nitrogens with zero attached hydrogens (tertiary/aromatic N) is 5. The van der Waals surface area contributed by atoms with Crippen LogP contribution in [0.15, 0.2) is 30.5 Å². The Morgan fingerprint density at radius 2 is 1.91 bits per heavy atom. The SMILES string of the molecule is Cn1cc2cc(-c3cc(C(F)(F)F)c(NC4C[C@@H]5CN(C[C@@H]6CCOC6)C[C@@H]5C4)nn3)ccc2n1. The topological polar surface area (TPSA) is 68.1 Å². The number of alkyl halides is 3. The molecule has 6 rings (SSSR count). The molecule has 0 spiro atoms. The van der Waals surface area contributed by atoms with E-state index in [1.807, 2.05) is 6.20 Å². The van der Waals surface area contributed by atoms with Gasteiger partial charge in [0.25, 0.3) is 0 Å². The summed E-state index contributed by atoms with van der Waals surface area (Å²) in [5, 5.41) is 16.4. The Morgan fingerprint density at radius 1 is 1.11 bits per heavy atom. The van der Waals surface area contributed by atoms with E-state index in [1.54, 1.807) is 29.9 Å². The van der Waals surface area contributed by atoms with Crippen LogP contribution in [-0.2, 0) is 18.0 Å². The minimum atomic E-state index is -4.53. The molecule has 4 atom stereocenters. The Bertz CT molecular complexity index is 1210. The van der Waals surface area contributed by atoms with Gasteiger partial charge in [0.05, 0.1) is 17.8 Å². The summed E-state index contributed by atoms with van der Waals surface area (Å²) in [7, 11) is 1.81. The Hall–Kier alpha value is -2.72. The van der Waals surface area contributed by atoms with Gasteiger partial charge < -0.3 is 15.0 Å². The first-order valence-corrected chi connectivity index (χ1v) is 12.3. The third kappa shape index (κ3) is 4.61. The lowest BCUT2D eigenvalue weighted by atomic mass is 10.0. The summed E-state index contributed by atoms with van der Waals surface area (Å²) in [6, 6.07) is 6.39. The average molecular weight is 487 g/mol. The molecule has 1 N–H and O–H groups in total. The van der Waals surface area contributed by atoms with E-state index in [1.165, 1.54) is 0 Å². The van der Waals surface area contributed by atoms with Crippen molar-refractivity contribution < 1.29 is 17.9 Å². The number of likely N-dealkylation sites (tertiary alicyclic amines) is 1. The lowest BCUT2D eigenvalue weighted by Gasteiger charge is -2.23. The molecule has 1 unspecified atom stereocenters. The van der Waals surface area contributed by atoms with Gasteiger partial charge >= 0.3 is 6.18 Å². The number of benzene rings is 1. The van der Waals surface area contributed by atoms with Crippen molar-refractivity contribution in [3.05, 3.63) is 36.0 Å². The summed E-state index contributed by atoms with van der Waals surface area (Å²) >= 11 is 0. The van der Waals surface area contributed by atoms with Gasteiger partial charge in [-0.1, -0.05) is 6.07 Å². The van der Waals surface area contributed by atoms with E-state index in [0.29, 0.717) is 23.3 Å². The number of anilines is 1. The Kier molecular flexibility index (Phi) is 5.68. The Morgan fingerprint density at radius 3 is 2.63 bits per heavy atom. The van der Waals surface area contributed by atoms with Crippen LogP contribution in [0.1, 0.15) is 24.8 Å². The van der Waals surface area contributed by atoms with Gasteiger partial charge in [-0.25, -0.2) is 0 Å². The van der Waals surface area contributed by atoms with E-state index < -0.39 is 11.7 Å². The van der Waals surface area contributed by atoms with Gasteiger partial charge in [0.2, 0.25) is 0 Å². The van der Waals surface area contributed by atoms with Crippen molar-refractivity contribution in [2.24, 2.45) is 24.8 Å². The molecule has 35 heavy (non-hydrogen) atoms. The van der Waals surface area contributed by atoms with Gasteiger partial charge in [0.1, 0.15) is 5.56 Å². The second-order valence-electron chi connectivity index (χ2n) is 10.3. The number of halogens is 3. The maximum Gasteiger partial charge on any atom is 0.420 e. The summed E-state index contributed by atoms with van der Waals surface area (Å²) in [4.78, 5) is 2.51. The first-order chi connectivity index (χ1) is 16.8. The quantitative estimate of drug-likeness (QED) is 0.583. The van der Waals surface area contributed by atoms with Crippen LogP contribution in [0.25, 0.3) is 22.2 Å². The second-order valence-corrected chi connectivity index (χ2v) is 10.3. The lowest BCUT2D eigenvalue weighted by Crippen LogP contribution is -2.30. The van der Waals surface area contributed by atoms with Crippen molar-refractivity contribution in [1.82, 2.24) is 24.9 Å². The van der Waals surface area contributed by atoms with Gasteiger partial charge in [0.15, 0.2) is 5.82 Å². The molecule has 0 radical (unpaired) electrons. The number of rotatable bonds is 5. The van der Waals surface area contributed by atoms with Crippen LogP contribution in [0.2, 0.25) is 0 Å².